The number of rotatable bonds is 3. The van der Waals surface area contributed by atoms with Crippen LogP contribution in [0.25, 0.3) is 0 Å². The maximum Gasteiger partial charge on any atom is 0.168 e. The molecular formula is C16H14Cl2O. The van der Waals surface area contributed by atoms with E-state index in [1.807, 2.05) is 32.0 Å². The van der Waals surface area contributed by atoms with Crippen LogP contribution in [0.1, 0.15) is 27.0 Å². The number of carbonyl (C=O) groups excluding carboxylic acids is 1. The molecule has 3 heteroatoms. The van der Waals surface area contributed by atoms with Crippen molar-refractivity contribution in [2.45, 2.75) is 20.3 Å². The van der Waals surface area contributed by atoms with Crippen molar-refractivity contribution < 1.29 is 4.79 Å². The Labute approximate surface area is 123 Å². The summed E-state index contributed by atoms with van der Waals surface area (Å²) in [6.45, 7) is 4.02. The van der Waals surface area contributed by atoms with Crippen LogP contribution in [0, 0.1) is 13.8 Å². The summed E-state index contributed by atoms with van der Waals surface area (Å²) < 4.78 is 0. The summed E-state index contributed by atoms with van der Waals surface area (Å²) in [7, 11) is 0. The van der Waals surface area contributed by atoms with Crippen molar-refractivity contribution in [3.8, 4) is 0 Å². The van der Waals surface area contributed by atoms with Crippen LogP contribution < -0.4 is 0 Å². The van der Waals surface area contributed by atoms with Gasteiger partial charge in [-0.3, -0.25) is 4.79 Å². The summed E-state index contributed by atoms with van der Waals surface area (Å²) in [6.07, 6.45) is 0.346. The van der Waals surface area contributed by atoms with Gasteiger partial charge in [0.2, 0.25) is 0 Å². The molecule has 0 amide bonds. The fraction of sp³-hybridized carbons (Fsp3) is 0.188. The molecule has 98 valence electrons. The molecule has 0 saturated carbocycles. The highest BCUT2D eigenvalue weighted by atomic mass is 35.5. The molecule has 0 heterocycles. The minimum atomic E-state index is -0.00935. The van der Waals surface area contributed by atoms with Crippen LogP contribution in [-0.4, -0.2) is 5.78 Å². The van der Waals surface area contributed by atoms with Gasteiger partial charge in [0.05, 0.1) is 5.02 Å². The quantitative estimate of drug-likeness (QED) is 0.725. The SMILES string of the molecule is Cc1cccc(C)c1CC(=O)c1cc(Cl)ccc1Cl. The molecule has 0 aliphatic heterocycles. The third kappa shape index (κ3) is 3.17. The van der Waals surface area contributed by atoms with E-state index < -0.39 is 0 Å². The van der Waals surface area contributed by atoms with Crippen molar-refractivity contribution in [2.24, 2.45) is 0 Å². The molecule has 0 aromatic heterocycles. The molecule has 2 aromatic rings. The molecule has 0 atom stereocenters. The predicted octanol–water partition coefficient (Wildman–Crippen LogP) is 5.04. The molecule has 2 aromatic carbocycles. The lowest BCUT2D eigenvalue weighted by molar-refractivity contribution is 0.0992. The Balaban J connectivity index is 2.34. The maximum absolute atomic E-state index is 12.3. The van der Waals surface area contributed by atoms with Crippen LogP contribution in [0.5, 0.6) is 0 Å². The summed E-state index contributed by atoms with van der Waals surface area (Å²) in [5.74, 6) is -0.00935. The molecule has 0 N–H and O–H groups in total. The van der Waals surface area contributed by atoms with Crippen LogP contribution in [0.3, 0.4) is 0 Å². The van der Waals surface area contributed by atoms with Gasteiger partial charge >= 0.3 is 0 Å². The van der Waals surface area contributed by atoms with Gasteiger partial charge in [-0.25, -0.2) is 0 Å². The molecule has 0 fully saturated rings. The molecular weight excluding hydrogens is 279 g/mol. The highest BCUT2D eigenvalue weighted by Gasteiger charge is 2.14. The largest absolute Gasteiger partial charge is 0.294 e. The number of aryl methyl sites for hydroxylation is 2. The molecule has 0 unspecified atom stereocenters. The van der Waals surface area contributed by atoms with Gasteiger partial charge in [-0.1, -0.05) is 41.4 Å². The van der Waals surface area contributed by atoms with Crippen molar-refractivity contribution in [3.63, 3.8) is 0 Å². The standard InChI is InChI=1S/C16H14Cl2O/c1-10-4-3-5-11(2)13(10)9-16(19)14-8-12(17)6-7-15(14)18/h3-8H,9H2,1-2H3. The van der Waals surface area contributed by atoms with Gasteiger partial charge in [-0.2, -0.15) is 0 Å². The van der Waals surface area contributed by atoms with E-state index in [0.717, 1.165) is 16.7 Å². The van der Waals surface area contributed by atoms with Crippen LogP contribution in [0.15, 0.2) is 36.4 Å². The average molecular weight is 293 g/mol. The molecule has 0 saturated heterocycles. The van der Waals surface area contributed by atoms with E-state index in [1.165, 1.54) is 0 Å². The van der Waals surface area contributed by atoms with Gasteiger partial charge in [-0.05, 0) is 48.7 Å². The van der Waals surface area contributed by atoms with Crippen molar-refractivity contribution in [2.75, 3.05) is 0 Å². The Morgan fingerprint density at radius 2 is 1.68 bits per heavy atom. The van der Waals surface area contributed by atoms with Gasteiger partial charge in [0, 0.05) is 17.0 Å². The van der Waals surface area contributed by atoms with Crippen molar-refractivity contribution >= 4 is 29.0 Å². The van der Waals surface area contributed by atoms with Crippen LogP contribution in [0.4, 0.5) is 0 Å². The molecule has 0 aliphatic carbocycles. The molecule has 1 nitrogen and oxygen atoms in total. The molecule has 0 bridgehead atoms. The summed E-state index contributed by atoms with van der Waals surface area (Å²) in [4.78, 5) is 12.3. The highest BCUT2D eigenvalue weighted by molar-refractivity contribution is 6.35. The summed E-state index contributed by atoms with van der Waals surface area (Å²) in [5.41, 5.74) is 3.78. The van der Waals surface area contributed by atoms with E-state index in [4.69, 9.17) is 23.2 Å². The van der Waals surface area contributed by atoms with Gasteiger partial charge < -0.3 is 0 Å². The third-order valence-electron chi connectivity index (χ3n) is 3.21. The lowest BCUT2D eigenvalue weighted by Gasteiger charge is -2.10. The molecule has 19 heavy (non-hydrogen) atoms. The van der Waals surface area contributed by atoms with Gasteiger partial charge in [0.15, 0.2) is 5.78 Å². The van der Waals surface area contributed by atoms with E-state index in [2.05, 4.69) is 0 Å². The normalized spacial score (nSPS) is 10.5. The topological polar surface area (TPSA) is 17.1 Å². The van der Waals surface area contributed by atoms with E-state index in [-0.39, 0.29) is 5.78 Å². The Kier molecular flexibility index (Phi) is 4.28. The lowest BCUT2D eigenvalue weighted by Crippen LogP contribution is -2.07. The molecule has 2 rings (SSSR count). The van der Waals surface area contributed by atoms with Crippen LogP contribution in [0.2, 0.25) is 10.0 Å². The minimum absolute atomic E-state index is 0.00935. The Morgan fingerprint density at radius 1 is 1.05 bits per heavy atom. The summed E-state index contributed by atoms with van der Waals surface area (Å²) in [6, 6.07) is 11.0. The lowest BCUT2D eigenvalue weighted by atomic mass is 9.95. The third-order valence-corrected chi connectivity index (χ3v) is 3.78. The molecule has 0 aliphatic rings. The number of hydrogen-bond donors (Lipinski definition) is 0. The van der Waals surface area contributed by atoms with E-state index >= 15 is 0 Å². The number of benzene rings is 2. The predicted molar refractivity (Wildman–Crippen MR) is 80.4 cm³/mol. The van der Waals surface area contributed by atoms with Gasteiger partial charge in [0.1, 0.15) is 0 Å². The molecule has 0 radical (unpaired) electrons. The smallest absolute Gasteiger partial charge is 0.168 e. The number of carbonyl (C=O) groups is 1. The van der Waals surface area contributed by atoms with Crippen molar-refractivity contribution in [1.29, 1.82) is 0 Å². The first-order chi connectivity index (χ1) is 8.99. The number of ketones is 1. The van der Waals surface area contributed by atoms with E-state index in [9.17, 15) is 4.79 Å². The van der Waals surface area contributed by atoms with Gasteiger partial charge in [0.25, 0.3) is 0 Å². The first kappa shape index (κ1) is 14.1. The Hall–Kier alpha value is -1.31. The van der Waals surface area contributed by atoms with E-state index in [0.29, 0.717) is 22.0 Å². The minimum Gasteiger partial charge on any atom is -0.294 e. The fourth-order valence-electron chi connectivity index (χ4n) is 2.09. The number of Topliss-reactive ketones (excluding diaryl/α,β-unsaturated/α-hetero) is 1. The van der Waals surface area contributed by atoms with E-state index in [1.54, 1.807) is 18.2 Å². The number of halogens is 2. The van der Waals surface area contributed by atoms with Gasteiger partial charge in [-0.15, -0.1) is 0 Å². The molecule has 0 spiro atoms. The summed E-state index contributed by atoms with van der Waals surface area (Å²) in [5, 5.41) is 0.967. The zero-order chi connectivity index (χ0) is 14.0. The first-order valence-corrected chi connectivity index (χ1v) is 6.78. The van der Waals surface area contributed by atoms with Crippen molar-refractivity contribution in [1.82, 2.24) is 0 Å². The maximum atomic E-state index is 12.3. The Morgan fingerprint density at radius 3 is 2.32 bits per heavy atom. The first-order valence-electron chi connectivity index (χ1n) is 6.02. The highest BCUT2D eigenvalue weighted by Crippen LogP contribution is 2.23. The van der Waals surface area contributed by atoms with Crippen molar-refractivity contribution in [3.05, 3.63) is 68.7 Å². The second-order valence-corrected chi connectivity index (χ2v) is 5.44. The zero-order valence-corrected chi connectivity index (χ0v) is 12.3. The monoisotopic (exact) mass is 292 g/mol. The fourth-order valence-corrected chi connectivity index (χ4v) is 2.49. The number of hydrogen-bond acceptors (Lipinski definition) is 1. The second kappa shape index (κ2) is 5.77. The second-order valence-electron chi connectivity index (χ2n) is 4.59. The zero-order valence-electron chi connectivity index (χ0n) is 10.8. The van der Waals surface area contributed by atoms with Crippen LogP contribution >= 0.6 is 23.2 Å². The average Bonchev–Trinajstić information content (AvgIpc) is 2.37. The van der Waals surface area contributed by atoms with Crippen LogP contribution in [-0.2, 0) is 6.42 Å². The summed E-state index contributed by atoms with van der Waals surface area (Å²) >= 11 is 12.0. The Bertz CT molecular complexity index is 612.